The molecule has 1 heterocycles. The van der Waals surface area contributed by atoms with Gasteiger partial charge in [0.25, 0.3) is 0 Å². The number of carbonyl (C=O) groups is 1. The van der Waals surface area contributed by atoms with E-state index in [1.807, 2.05) is 0 Å². The largest absolute Gasteiger partial charge is 0.307 e. The molecule has 1 N–H and O–H groups in total. The summed E-state index contributed by atoms with van der Waals surface area (Å²) in [5.41, 5.74) is 0. The SMILES string of the molecule is CCCCCCCC(=O)C1CCCCCN1. The Morgan fingerprint density at radius 2 is 1.94 bits per heavy atom. The van der Waals surface area contributed by atoms with Crippen molar-refractivity contribution < 1.29 is 4.79 Å². The van der Waals surface area contributed by atoms with Crippen molar-refractivity contribution in [1.82, 2.24) is 5.32 Å². The van der Waals surface area contributed by atoms with Crippen LogP contribution in [0.1, 0.15) is 71.1 Å². The van der Waals surface area contributed by atoms with Crippen molar-refractivity contribution in [3.05, 3.63) is 0 Å². The Bertz CT molecular complexity index is 183. The number of hydrogen-bond acceptors (Lipinski definition) is 2. The molecule has 0 aromatic heterocycles. The number of ketones is 1. The number of Topliss-reactive ketones (excluding diaryl/α,β-unsaturated/α-hetero) is 1. The summed E-state index contributed by atoms with van der Waals surface area (Å²) in [6.07, 6.45) is 11.8. The summed E-state index contributed by atoms with van der Waals surface area (Å²) in [7, 11) is 0. The average molecular weight is 225 g/mol. The van der Waals surface area contributed by atoms with Gasteiger partial charge < -0.3 is 5.32 Å². The van der Waals surface area contributed by atoms with Crippen molar-refractivity contribution in [3.8, 4) is 0 Å². The molecule has 1 fully saturated rings. The first-order valence-corrected chi connectivity index (χ1v) is 7.10. The summed E-state index contributed by atoms with van der Waals surface area (Å²) in [6.45, 7) is 3.26. The Balaban J connectivity index is 2.08. The Kier molecular flexibility index (Phi) is 7.48. The van der Waals surface area contributed by atoms with Crippen molar-refractivity contribution >= 4 is 5.78 Å². The van der Waals surface area contributed by atoms with Crippen LogP contribution in [0.2, 0.25) is 0 Å². The summed E-state index contributed by atoms with van der Waals surface area (Å²) < 4.78 is 0. The molecule has 0 aromatic rings. The summed E-state index contributed by atoms with van der Waals surface area (Å²) in [4.78, 5) is 11.9. The van der Waals surface area contributed by atoms with E-state index < -0.39 is 0 Å². The van der Waals surface area contributed by atoms with Gasteiger partial charge >= 0.3 is 0 Å². The van der Waals surface area contributed by atoms with Crippen LogP contribution >= 0.6 is 0 Å². The van der Waals surface area contributed by atoms with Crippen LogP contribution in [0.3, 0.4) is 0 Å². The van der Waals surface area contributed by atoms with Crippen LogP contribution in [0.15, 0.2) is 0 Å². The summed E-state index contributed by atoms with van der Waals surface area (Å²) in [5, 5.41) is 3.38. The molecule has 94 valence electrons. The average Bonchev–Trinajstić information content (AvgIpc) is 2.57. The fourth-order valence-electron chi connectivity index (χ4n) is 2.38. The Morgan fingerprint density at radius 1 is 1.12 bits per heavy atom. The fraction of sp³-hybridized carbons (Fsp3) is 0.929. The maximum atomic E-state index is 11.9. The molecule has 0 radical (unpaired) electrons. The lowest BCUT2D eigenvalue weighted by Gasteiger charge is -2.14. The van der Waals surface area contributed by atoms with E-state index in [0.29, 0.717) is 5.78 Å². The molecule has 0 saturated carbocycles. The Labute approximate surface area is 100 Å². The van der Waals surface area contributed by atoms with E-state index in [0.717, 1.165) is 25.8 Å². The van der Waals surface area contributed by atoms with Crippen molar-refractivity contribution in [3.63, 3.8) is 0 Å². The van der Waals surface area contributed by atoms with Gasteiger partial charge in [0.1, 0.15) is 5.78 Å². The minimum Gasteiger partial charge on any atom is -0.307 e. The summed E-state index contributed by atoms with van der Waals surface area (Å²) in [5.74, 6) is 0.457. The highest BCUT2D eigenvalue weighted by molar-refractivity contribution is 5.83. The third-order valence-corrected chi connectivity index (χ3v) is 3.48. The second-order valence-electron chi connectivity index (χ2n) is 4.99. The second kappa shape index (κ2) is 8.74. The molecular weight excluding hydrogens is 198 g/mol. The van der Waals surface area contributed by atoms with E-state index in [2.05, 4.69) is 12.2 Å². The van der Waals surface area contributed by atoms with Gasteiger partial charge in [-0.1, -0.05) is 45.4 Å². The van der Waals surface area contributed by atoms with Gasteiger partial charge in [0, 0.05) is 6.42 Å². The molecule has 1 atom stereocenters. The van der Waals surface area contributed by atoms with Crippen LogP contribution in [0.4, 0.5) is 0 Å². The zero-order valence-corrected chi connectivity index (χ0v) is 10.8. The van der Waals surface area contributed by atoms with Crippen molar-refractivity contribution in [1.29, 1.82) is 0 Å². The molecule has 1 unspecified atom stereocenters. The van der Waals surface area contributed by atoms with Crippen LogP contribution in [-0.2, 0) is 4.79 Å². The molecule has 1 saturated heterocycles. The van der Waals surface area contributed by atoms with Gasteiger partial charge in [-0.2, -0.15) is 0 Å². The van der Waals surface area contributed by atoms with Crippen LogP contribution in [0.25, 0.3) is 0 Å². The molecule has 2 heteroatoms. The molecule has 0 spiro atoms. The van der Waals surface area contributed by atoms with E-state index in [-0.39, 0.29) is 6.04 Å². The van der Waals surface area contributed by atoms with Gasteiger partial charge in [-0.25, -0.2) is 0 Å². The van der Waals surface area contributed by atoms with Gasteiger partial charge in [0.2, 0.25) is 0 Å². The van der Waals surface area contributed by atoms with Crippen molar-refractivity contribution in [2.45, 2.75) is 77.2 Å². The molecule has 0 amide bonds. The fourth-order valence-corrected chi connectivity index (χ4v) is 2.38. The molecule has 1 rings (SSSR count). The monoisotopic (exact) mass is 225 g/mol. The Hall–Kier alpha value is -0.370. The molecule has 0 aromatic carbocycles. The van der Waals surface area contributed by atoms with E-state index in [4.69, 9.17) is 0 Å². The highest BCUT2D eigenvalue weighted by Crippen LogP contribution is 2.12. The normalized spacial score (nSPS) is 21.7. The number of carbonyl (C=O) groups excluding carboxylic acids is 1. The van der Waals surface area contributed by atoms with Crippen LogP contribution in [0, 0.1) is 0 Å². The molecule has 0 aliphatic carbocycles. The second-order valence-corrected chi connectivity index (χ2v) is 4.99. The molecule has 2 nitrogen and oxygen atoms in total. The lowest BCUT2D eigenvalue weighted by atomic mass is 10.0. The minimum atomic E-state index is 0.175. The summed E-state index contributed by atoms with van der Waals surface area (Å²) >= 11 is 0. The maximum Gasteiger partial charge on any atom is 0.149 e. The minimum absolute atomic E-state index is 0.175. The van der Waals surface area contributed by atoms with Crippen molar-refractivity contribution in [2.75, 3.05) is 6.54 Å². The summed E-state index contributed by atoms with van der Waals surface area (Å²) in [6, 6.07) is 0.175. The molecule has 1 aliphatic heterocycles. The molecule has 16 heavy (non-hydrogen) atoms. The first-order chi connectivity index (χ1) is 7.84. The number of rotatable bonds is 7. The third kappa shape index (κ3) is 5.64. The van der Waals surface area contributed by atoms with E-state index in [1.54, 1.807) is 0 Å². The first-order valence-electron chi connectivity index (χ1n) is 7.10. The Morgan fingerprint density at radius 3 is 2.75 bits per heavy atom. The zero-order valence-electron chi connectivity index (χ0n) is 10.8. The molecular formula is C14H27NO. The van der Waals surface area contributed by atoms with Gasteiger partial charge in [0.15, 0.2) is 0 Å². The van der Waals surface area contributed by atoms with E-state index in [9.17, 15) is 4.79 Å². The smallest absolute Gasteiger partial charge is 0.149 e. The highest BCUT2D eigenvalue weighted by Gasteiger charge is 2.18. The highest BCUT2D eigenvalue weighted by atomic mass is 16.1. The van der Waals surface area contributed by atoms with E-state index >= 15 is 0 Å². The van der Waals surface area contributed by atoms with Crippen molar-refractivity contribution in [2.24, 2.45) is 0 Å². The maximum absolute atomic E-state index is 11.9. The zero-order chi connectivity index (χ0) is 11.6. The van der Waals surface area contributed by atoms with Crippen LogP contribution in [0.5, 0.6) is 0 Å². The predicted molar refractivity (Wildman–Crippen MR) is 68.6 cm³/mol. The standard InChI is InChI=1S/C14H27NO/c1-2-3-4-5-8-11-14(16)13-10-7-6-9-12-15-13/h13,15H,2-12H2,1H3. The van der Waals surface area contributed by atoms with Gasteiger partial charge in [0.05, 0.1) is 6.04 Å². The van der Waals surface area contributed by atoms with Crippen LogP contribution < -0.4 is 5.32 Å². The third-order valence-electron chi connectivity index (χ3n) is 3.48. The lowest BCUT2D eigenvalue weighted by Crippen LogP contribution is -2.35. The van der Waals surface area contributed by atoms with Gasteiger partial charge in [-0.3, -0.25) is 4.79 Å². The first kappa shape index (κ1) is 13.7. The number of hydrogen-bond donors (Lipinski definition) is 1. The molecule has 1 aliphatic rings. The predicted octanol–water partition coefficient (Wildman–Crippen LogP) is 3.45. The van der Waals surface area contributed by atoms with Crippen LogP contribution in [-0.4, -0.2) is 18.4 Å². The van der Waals surface area contributed by atoms with Gasteiger partial charge in [-0.15, -0.1) is 0 Å². The number of nitrogens with one attached hydrogen (secondary N) is 1. The quantitative estimate of drug-likeness (QED) is 0.672. The van der Waals surface area contributed by atoms with E-state index in [1.165, 1.54) is 44.9 Å². The topological polar surface area (TPSA) is 29.1 Å². The van der Waals surface area contributed by atoms with Gasteiger partial charge in [-0.05, 0) is 25.8 Å². The molecule has 0 bridgehead atoms. The number of unbranched alkanes of at least 4 members (excludes halogenated alkanes) is 4. The lowest BCUT2D eigenvalue weighted by molar-refractivity contribution is -0.121.